The van der Waals surface area contributed by atoms with Gasteiger partial charge >= 0.3 is 11.9 Å². The van der Waals surface area contributed by atoms with Gasteiger partial charge in [-0.05, 0) is 0 Å². The Kier molecular flexibility index (Phi) is 5.96. The van der Waals surface area contributed by atoms with Crippen LogP contribution in [0, 0.1) is 11.3 Å². The molecular weight excluding hydrogens is 469 g/mol. The number of alkyl halides is 6. The zero-order valence-electron chi connectivity index (χ0n) is 12.3. The molecule has 0 fully saturated rings. The Labute approximate surface area is 164 Å². The normalized spacial score (nSPS) is 13.3. The highest BCUT2D eigenvalue weighted by atomic mass is 35.5. The lowest BCUT2D eigenvalue weighted by molar-refractivity contribution is -0.274. The van der Waals surface area contributed by atoms with E-state index in [0.717, 1.165) is 0 Å². The Morgan fingerprint density at radius 1 is 1.07 bits per heavy atom. The molecule has 1 atom stereocenters. The second-order valence-electron chi connectivity index (χ2n) is 4.64. The van der Waals surface area contributed by atoms with Crippen molar-refractivity contribution < 1.29 is 35.3 Å². The first-order valence-corrected chi connectivity index (χ1v) is 8.59. The lowest BCUT2D eigenvalue weighted by atomic mass is 10.3. The van der Waals surface area contributed by atoms with Crippen molar-refractivity contribution in [1.29, 1.82) is 5.26 Å². The zero-order valence-corrected chi connectivity index (χ0v) is 15.3. The van der Waals surface area contributed by atoms with E-state index in [9.17, 15) is 30.6 Å². The van der Waals surface area contributed by atoms with E-state index >= 15 is 0 Å². The number of nitriles is 1. The Balaban J connectivity index is 2.65. The average Bonchev–Trinajstić information content (AvgIpc) is 2.79. The molecule has 14 heteroatoms. The molecule has 0 saturated heterocycles. The molecule has 2 aromatic rings. The summed E-state index contributed by atoms with van der Waals surface area (Å²) in [5.74, 6) is -0.788. The van der Waals surface area contributed by atoms with Crippen LogP contribution < -0.4 is 4.74 Å². The predicted molar refractivity (Wildman–Crippen MR) is 84.7 cm³/mol. The van der Waals surface area contributed by atoms with Gasteiger partial charge in [0.2, 0.25) is 0 Å². The molecule has 1 unspecified atom stereocenters. The Morgan fingerprint density at radius 2 is 1.59 bits per heavy atom. The van der Waals surface area contributed by atoms with Gasteiger partial charge in [-0.1, -0.05) is 34.8 Å². The van der Waals surface area contributed by atoms with Crippen molar-refractivity contribution in [2.75, 3.05) is 0 Å². The molecule has 146 valence electrons. The van der Waals surface area contributed by atoms with Gasteiger partial charge in [0, 0.05) is 18.3 Å². The van der Waals surface area contributed by atoms with Crippen LogP contribution in [0.5, 0.6) is 5.75 Å². The summed E-state index contributed by atoms with van der Waals surface area (Å²) < 4.78 is 91.0. The summed E-state index contributed by atoms with van der Waals surface area (Å²) in [6.45, 7) is 0. The first-order valence-electron chi connectivity index (χ1n) is 6.31. The first-order chi connectivity index (χ1) is 12.3. The van der Waals surface area contributed by atoms with Crippen LogP contribution in [0.25, 0.3) is 5.69 Å². The van der Waals surface area contributed by atoms with Gasteiger partial charge in [0.15, 0.2) is 10.8 Å². The van der Waals surface area contributed by atoms with Gasteiger partial charge in [-0.15, -0.1) is 13.2 Å². The molecule has 2 rings (SSSR count). The fourth-order valence-corrected chi connectivity index (χ4v) is 3.72. The SMILES string of the molecule is N#Cc1c(S(=O)C(F)(F)F)cn(-c2c(Cl)cc(OC(F)(F)F)cc2Cl)c1Cl. The molecule has 0 aliphatic carbocycles. The van der Waals surface area contributed by atoms with E-state index in [0.29, 0.717) is 22.9 Å². The highest BCUT2D eigenvalue weighted by Gasteiger charge is 2.41. The van der Waals surface area contributed by atoms with E-state index < -0.39 is 54.1 Å². The number of halogens is 9. The Hall–Kier alpha value is -1.61. The second kappa shape index (κ2) is 7.43. The van der Waals surface area contributed by atoms with Crippen LogP contribution in [0.3, 0.4) is 0 Å². The van der Waals surface area contributed by atoms with Crippen LogP contribution in [0.4, 0.5) is 26.3 Å². The van der Waals surface area contributed by atoms with Crippen LogP contribution >= 0.6 is 34.8 Å². The Bertz CT molecular complexity index is 942. The largest absolute Gasteiger partial charge is 0.573 e. The number of ether oxygens (including phenoxy) is 1. The van der Waals surface area contributed by atoms with Crippen LogP contribution in [0.15, 0.2) is 23.2 Å². The van der Waals surface area contributed by atoms with Gasteiger partial charge in [0.25, 0.3) is 0 Å². The van der Waals surface area contributed by atoms with Crippen molar-refractivity contribution in [2.45, 2.75) is 16.8 Å². The first kappa shape index (κ1) is 21.7. The molecule has 1 heterocycles. The number of hydrogen-bond acceptors (Lipinski definition) is 3. The lowest BCUT2D eigenvalue weighted by Gasteiger charge is -2.14. The van der Waals surface area contributed by atoms with E-state index in [2.05, 4.69) is 4.74 Å². The van der Waals surface area contributed by atoms with E-state index in [1.54, 1.807) is 0 Å². The molecule has 0 bridgehead atoms. The molecule has 0 aliphatic rings. The molecule has 0 amide bonds. The Morgan fingerprint density at radius 3 is 2.00 bits per heavy atom. The highest BCUT2D eigenvalue weighted by molar-refractivity contribution is 7.86. The number of rotatable bonds is 3. The third-order valence-corrected chi connectivity index (χ3v) is 4.97. The predicted octanol–water partition coefficient (Wildman–Crippen LogP) is 5.84. The van der Waals surface area contributed by atoms with Crippen LogP contribution in [-0.4, -0.2) is 20.6 Å². The number of nitrogens with zero attached hydrogens (tertiary/aromatic N) is 2. The molecule has 0 N–H and O–H groups in total. The molecule has 0 radical (unpaired) electrons. The molecule has 27 heavy (non-hydrogen) atoms. The fraction of sp³-hybridized carbons (Fsp3) is 0.154. The molecule has 1 aromatic carbocycles. The second-order valence-corrected chi connectivity index (χ2v) is 7.25. The third-order valence-electron chi connectivity index (χ3n) is 2.90. The maximum atomic E-state index is 12.7. The monoisotopic (exact) mass is 470 g/mol. The van der Waals surface area contributed by atoms with E-state index in [1.807, 2.05) is 0 Å². The van der Waals surface area contributed by atoms with E-state index in [4.69, 9.17) is 40.1 Å². The smallest absolute Gasteiger partial charge is 0.406 e. The maximum absolute atomic E-state index is 12.7. The topological polar surface area (TPSA) is 55.0 Å². The minimum absolute atomic E-state index is 0.334. The average molecular weight is 472 g/mol. The molecular formula is C13H3Cl3F6N2O2S. The van der Waals surface area contributed by atoms with Crippen LogP contribution in [0.1, 0.15) is 5.56 Å². The summed E-state index contributed by atoms with van der Waals surface area (Å²) in [4.78, 5) is -0.960. The highest BCUT2D eigenvalue weighted by Crippen LogP contribution is 2.40. The third kappa shape index (κ3) is 4.63. The number of benzene rings is 1. The summed E-state index contributed by atoms with van der Waals surface area (Å²) >= 11 is 17.6. The number of hydrogen-bond donors (Lipinski definition) is 0. The minimum Gasteiger partial charge on any atom is -0.406 e. The molecule has 0 spiro atoms. The van der Waals surface area contributed by atoms with Gasteiger partial charge < -0.3 is 9.30 Å². The summed E-state index contributed by atoms with van der Waals surface area (Å²) in [7, 11) is -3.59. The van der Waals surface area contributed by atoms with Gasteiger partial charge in [-0.2, -0.15) is 18.4 Å². The van der Waals surface area contributed by atoms with Crippen molar-refractivity contribution in [3.63, 3.8) is 0 Å². The fourth-order valence-electron chi connectivity index (χ4n) is 1.95. The van der Waals surface area contributed by atoms with Crippen molar-refractivity contribution >= 4 is 45.6 Å². The molecule has 1 aromatic heterocycles. The van der Waals surface area contributed by atoms with E-state index in [-0.39, 0.29) is 5.69 Å². The quantitative estimate of drug-likeness (QED) is 0.529. The molecule has 0 aliphatic heterocycles. The minimum atomic E-state index is -5.18. The van der Waals surface area contributed by atoms with Crippen molar-refractivity contribution in [3.8, 4) is 17.5 Å². The van der Waals surface area contributed by atoms with Gasteiger partial charge in [-0.3, -0.25) is 0 Å². The standard InChI is InChI=1S/C13H3Cl3F6N2O2S/c14-7-1-5(26-12(17,18)19)2-8(15)10(7)24-4-9(6(3-23)11(24)16)27(25)13(20,21)22/h1-2,4H. The molecule has 4 nitrogen and oxygen atoms in total. The van der Waals surface area contributed by atoms with Crippen molar-refractivity contribution in [3.05, 3.63) is 39.1 Å². The summed E-state index contributed by atoms with van der Waals surface area (Å²) in [5.41, 5.74) is -6.27. The maximum Gasteiger partial charge on any atom is 0.573 e. The summed E-state index contributed by atoms with van der Waals surface area (Å²) in [6.07, 6.45) is -4.42. The summed E-state index contributed by atoms with van der Waals surface area (Å²) in [5, 5.41) is 7.45. The zero-order chi connectivity index (χ0) is 20.7. The van der Waals surface area contributed by atoms with Gasteiger partial charge in [-0.25, -0.2) is 4.21 Å². The van der Waals surface area contributed by atoms with Crippen molar-refractivity contribution in [2.24, 2.45) is 0 Å². The lowest BCUT2D eigenvalue weighted by Crippen LogP contribution is -2.17. The van der Waals surface area contributed by atoms with Crippen LogP contribution in [-0.2, 0) is 10.8 Å². The van der Waals surface area contributed by atoms with Crippen molar-refractivity contribution in [1.82, 2.24) is 4.57 Å². The van der Waals surface area contributed by atoms with E-state index in [1.165, 1.54) is 6.07 Å². The summed E-state index contributed by atoms with van der Waals surface area (Å²) in [6, 6.07) is 2.77. The molecule has 0 saturated carbocycles. The number of aromatic nitrogens is 1. The van der Waals surface area contributed by atoms with Crippen LogP contribution in [0.2, 0.25) is 15.2 Å². The van der Waals surface area contributed by atoms with Gasteiger partial charge in [0.05, 0.1) is 20.6 Å². The van der Waals surface area contributed by atoms with Gasteiger partial charge in [0.1, 0.15) is 22.5 Å².